The summed E-state index contributed by atoms with van der Waals surface area (Å²) in [6.45, 7) is 3.99. The van der Waals surface area contributed by atoms with Crippen LogP contribution in [0.2, 0.25) is 0 Å². The molecule has 1 N–H and O–H groups in total. The maximum atomic E-state index is 12.4. The standard InChI is InChI=1S/C25H28N2O/c28-25(16-21-12-13-23-10-4-5-11-24(23)15-21)26-17-22-9-6-14-27(19-22)18-20-7-2-1-3-8-20/h1-5,7-8,10-13,15,22H,6,9,14,16-19H2,(H,26,28). The first-order valence-corrected chi connectivity index (χ1v) is 10.3. The van der Waals surface area contributed by atoms with Gasteiger partial charge in [-0.15, -0.1) is 0 Å². The Balaban J connectivity index is 1.26. The lowest BCUT2D eigenvalue weighted by Crippen LogP contribution is -2.40. The molecular formula is C25H28N2O. The van der Waals surface area contributed by atoms with Gasteiger partial charge >= 0.3 is 0 Å². The molecule has 1 aliphatic rings. The molecule has 1 fully saturated rings. The number of hydrogen-bond acceptors (Lipinski definition) is 2. The van der Waals surface area contributed by atoms with Gasteiger partial charge in [-0.2, -0.15) is 0 Å². The fourth-order valence-electron chi connectivity index (χ4n) is 4.16. The smallest absolute Gasteiger partial charge is 0.224 e. The van der Waals surface area contributed by atoms with Gasteiger partial charge in [-0.3, -0.25) is 9.69 Å². The van der Waals surface area contributed by atoms with Gasteiger partial charge in [-0.25, -0.2) is 0 Å². The first kappa shape index (κ1) is 18.7. The van der Waals surface area contributed by atoms with Crippen molar-refractivity contribution in [1.29, 1.82) is 0 Å². The predicted molar refractivity (Wildman–Crippen MR) is 115 cm³/mol. The van der Waals surface area contributed by atoms with Crippen LogP contribution in [0.25, 0.3) is 10.8 Å². The first-order valence-electron chi connectivity index (χ1n) is 10.3. The highest BCUT2D eigenvalue weighted by Crippen LogP contribution is 2.19. The summed E-state index contributed by atoms with van der Waals surface area (Å²) in [5, 5.41) is 5.57. The van der Waals surface area contributed by atoms with E-state index in [1.54, 1.807) is 0 Å². The quantitative estimate of drug-likeness (QED) is 0.695. The Labute approximate surface area is 167 Å². The van der Waals surface area contributed by atoms with Crippen molar-refractivity contribution in [3.05, 3.63) is 83.9 Å². The summed E-state index contributed by atoms with van der Waals surface area (Å²) < 4.78 is 0. The minimum Gasteiger partial charge on any atom is -0.355 e. The third-order valence-electron chi connectivity index (χ3n) is 5.62. The Morgan fingerprint density at radius 2 is 1.71 bits per heavy atom. The molecule has 3 aromatic rings. The molecule has 0 radical (unpaired) electrons. The molecule has 1 amide bonds. The SMILES string of the molecule is O=C(Cc1ccc2ccccc2c1)NCC1CCCN(Cc2ccccc2)C1. The molecule has 3 aromatic carbocycles. The molecule has 0 saturated carbocycles. The number of carbonyl (C=O) groups excluding carboxylic acids is 1. The Morgan fingerprint density at radius 1 is 0.929 bits per heavy atom. The Kier molecular flexibility index (Phi) is 6.03. The zero-order chi connectivity index (χ0) is 19.2. The Bertz CT molecular complexity index is 922. The van der Waals surface area contributed by atoms with E-state index in [-0.39, 0.29) is 5.91 Å². The summed E-state index contributed by atoms with van der Waals surface area (Å²) in [7, 11) is 0. The molecule has 3 heteroatoms. The van der Waals surface area contributed by atoms with Crippen molar-refractivity contribution in [1.82, 2.24) is 10.2 Å². The first-order chi connectivity index (χ1) is 13.8. The molecule has 1 saturated heterocycles. The van der Waals surface area contributed by atoms with E-state index in [0.717, 1.165) is 31.7 Å². The summed E-state index contributed by atoms with van der Waals surface area (Å²) in [5.74, 6) is 0.661. The summed E-state index contributed by atoms with van der Waals surface area (Å²) >= 11 is 0. The van der Waals surface area contributed by atoms with Gasteiger partial charge in [0.15, 0.2) is 0 Å². The number of benzene rings is 3. The van der Waals surface area contributed by atoms with Crippen molar-refractivity contribution < 1.29 is 4.79 Å². The van der Waals surface area contributed by atoms with E-state index in [0.29, 0.717) is 12.3 Å². The van der Waals surface area contributed by atoms with Crippen LogP contribution in [0.15, 0.2) is 72.8 Å². The maximum Gasteiger partial charge on any atom is 0.224 e. The van der Waals surface area contributed by atoms with E-state index in [1.807, 2.05) is 12.1 Å². The molecule has 0 aromatic heterocycles. The van der Waals surface area contributed by atoms with Crippen LogP contribution in [0, 0.1) is 5.92 Å². The molecule has 28 heavy (non-hydrogen) atoms. The summed E-state index contributed by atoms with van der Waals surface area (Å²) in [6.07, 6.45) is 2.85. The van der Waals surface area contributed by atoms with Crippen molar-refractivity contribution in [3.63, 3.8) is 0 Å². The maximum absolute atomic E-state index is 12.4. The van der Waals surface area contributed by atoms with Gasteiger partial charge in [0.25, 0.3) is 0 Å². The van der Waals surface area contributed by atoms with Crippen LogP contribution in [0.5, 0.6) is 0 Å². The molecule has 0 bridgehead atoms. The summed E-state index contributed by atoms with van der Waals surface area (Å²) in [4.78, 5) is 15.0. The topological polar surface area (TPSA) is 32.3 Å². The van der Waals surface area contributed by atoms with Gasteiger partial charge < -0.3 is 5.32 Å². The molecular weight excluding hydrogens is 344 g/mol. The van der Waals surface area contributed by atoms with E-state index in [2.05, 4.69) is 70.9 Å². The highest BCUT2D eigenvalue weighted by atomic mass is 16.1. The van der Waals surface area contributed by atoms with Crippen molar-refractivity contribution >= 4 is 16.7 Å². The van der Waals surface area contributed by atoms with Crippen LogP contribution in [0.1, 0.15) is 24.0 Å². The van der Waals surface area contributed by atoms with Crippen LogP contribution in [0.3, 0.4) is 0 Å². The lowest BCUT2D eigenvalue weighted by Gasteiger charge is -2.32. The number of amides is 1. The highest BCUT2D eigenvalue weighted by molar-refractivity contribution is 5.85. The molecule has 1 heterocycles. The third-order valence-corrected chi connectivity index (χ3v) is 5.62. The number of piperidine rings is 1. The van der Waals surface area contributed by atoms with E-state index in [1.165, 1.54) is 29.2 Å². The fraction of sp³-hybridized carbons (Fsp3) is 0.320. The largest absolute Gasteiger partial charge is 0.355 e. The number of hydrogen-bond donors (Lipinski definition) is 1. The zero-order valence-electron chi connectivity index (χ0n) is 16.3. The average Bonchev–Trinajstić information content (AvgIpc) is 2.73. The second-order valence-electron chi connectivity index (χ2n) is 7.89. The molecule has 144 valence electrons. The number of rotatable bonds is 6. The molecule has 0 spiro atoms. The van der Waals surface area contributed by atoms with Gasteiger partial charge in [0.1, 0.15) is 0 Å². The monoisotopic (exact) mass is 372 g/mol. The molecule has 1 atom stereocenters. The van der Waals surface area contributed by atoms with Crippen LogP contribution in [-0.2, 0) is 17.8 Å². The minimum absolute atomic E-state index is 0.121. The molecule has 1 unspecified atom stereocenters. The van der Waals surface area contributed by atoms with Gasteiger partial charge in [0.05, 0.1) is 6.42 Å². The van der Waals surface area contributed by atoms with E-state index < -0.39 is 0 Å². The normalized spacial score (nSPS) is 17.5. The summed E-state index contributed by atoms with van der Waals surface area (Å²) in [6, 6.07) is 25.2. The second kappa shape index (κ2) is 9.03. The van der Waals surface area contributed by atoms with Crippen LogP contribution in [0.4, 0.5) is 0 Å². The molecule has 1 aliphatic heterocycles. The third kappa shape index (κ3) is 4.99. The molecule has 3 nitrogen and oxygen atoms in total. The fourth-order valence-corrected chi connectivity index (χ4v) is 4.16. The summed E-state index contributed by atoms with van der Waals surface area (Å²) in [5.41, 5.74) is 2.44. The lowest BCUT2D eigenvalue weighted by atomic mass is 9.97. The van der Waals surface area contributed by atoms with Gasteiger partial charge in [0.2, 0.25) is 5.91 Å². The van der Waals surface area contributed by atoms with Gasteiger partial charge in [0, 0.05) is 19.6 Å². The van der Waals surface area contributed by atoms with E-state index in [9.17, 15) is 4.79 Å². The zero-order valence-corrected chi connectivity index (χ0v) is 16.3. The minimum atomic E-state index is 0.121. The lowest BCUT2D eigenvalue weighted by molar-refractivity contribution is -0.120. The van der Waals surface area contributed by atoms with Crippen molar-refractivity contribution in [2.75, 3.05) is 19.6 Å². The number of likely N-dealkylation sites (tertiary alicyclic amines) is 1. The number of nitrogens with zero attached hydrogens (tertiary/aromatic N) is 1. The predicted octanol–water partition coefficient (Wildman–Crippen LogP) is 4.41. The highest BCUT2D eigenvalue weighted by Gasteiger charge is 2.20. The van der Waals surface area contributed by atoms with Crippen molar-refractivity contribution in [2.24, 2.45) is 5.92 Å². The number of carbonyl (C=O) groups is 1. The second-order valence-corrected chi connectivity index (χ2v) is 7.89. The molecule has 0 aliphatic carbocycles. The van der Waals surface area contributed by atoms with Gasteiger partial charge in [-0.1, -0.05) is 72.8 Å². The number of nitrogens with one attached hydrogen (secondary N) is 1. The molecule has 4 rings (SSSR count). The Morgan fingerprint density at radius 3 is 2.57 bits per heavy atom. The Hall–Kier alpha value is -2.65. The average molecular weight is 373 g/mol. The van der Waals surface area contributed by atoms with Crippen molar-refractivity contribution in [3.8, 4) is 0 Å². The van der Waals surface area contributed by atoms with Crippen LogP contribution >= 0.6 is 0 Å². The van der Waals surface area contributed by atoms with Crippen LogP contribution in [-0.4, -0.2) is 30.4 Å². The van der Waals surface area contributed by atoms with E-state index >= 15 is 0 Å². The van der Waals surface area contributed by atoms with Crippen molar-refractivity contribution in [2.45, 2.75) is 25.8 Å². The van der Waals surface area contributed by atoms with Gasteiger partial charge in [-0.05, 0) is 47.2 Å². The number of fused-ring (bicyclic) bond motifs is 1. The van der Waals surface area contributed by atoms with E-state index in [4.69, 9.17) is 0 Å². The van der Waals surface area contributed by atoms with Crippen LogP contribution < -0.4 is 5.32 Å².